The normalized spacial score (nSPS) is 8.11. The first-order valence-corrected chi connectivity index (χ1v) is 5.81. The van der Waals surface area contributed by atoms with Gasteiger partial charge in [-0.05, 0) is 19.4 Å². The molecule has 0 N–H and O–H groups in total. The number of rotatable bonds is 3. The molecule has 0 saturated heterocycles. The molecule has 0 nitrogen and oxygen atoms in total. The summed E-state index contributed by atoms with van der Waals surface area (Å²) in [5.41, 5.74) is 2.19. The Bertz CT molecular complexity index is 366. The quantitative estimate of drug-likeness (QED) is 0.583. The molecule has 0 fully saturated rings. The standard InChI is InChI=1S/C8H8.2C5H8/c1-2-8-6-4-3-5-7-8;1-4-5(2)3;1-3-5-4-2/h2-7H,1H2;4H,1-2H2,3H3;3-5H,1H2,2H3. The van der Waals surface area contributed by atoms with Crippen molar-refractivity contribution in [3.05, 3.63) is 92.1 Å². The lowest BCUT2D eigenvalue weighted by Crippen LogP contribution is -1.63. The van der Waals surface area contributed by atoms with E-state index in [2.05, 4.69) is 26.3 Å². The summed E-state index contributed by atoms with van der Waals surface area (Å²) in [5.74, 6) is 0. The molecule has 0 amide bonds. The van der Waals surface area contributed by atoms with Gasteiger partial charge in [-0.25, -0.2) is 0 Å². The van der Waals surface area contributed by atoms with Crippen molar-refractivity contribution in [2.45, 2.75) is 13.8 Å². The first-order valence-electron chi connectivity index (χ1n) is 5.81. The Morgan fingerprint density at radius 2 is 1.56 bits per heavy atom. The van der Waals surface area contributed by atoms with E-state index in [4.69, 9.17) is 0 Å². The van der Waals surface area contributed by atoms with Gasteiger partial charge in [0.2, 0.25) is 0 Å². The van der Waals surface area contributed by atoms with Crippen molar-refractivity contribution in [2.24, 2.45) is 0 Å². The minimum atomic E-state index is 1.02. The van der Waals surface area contributed by atoms with Crippen molar-refractivity contribution in [1.82, 2.24) is 0 Å². The van der Waals surface area contributed by atoms with Crippen molar-refractivity contribution in [1.29, 1.82) is 0 Å². The fourth-order valence-corrected chi connectivity index (χ4v) is 0.725. The summed E-state index contributed by atoms with van der Waals surface area (Å²) in [6, 6.07) is 10.0. The second-order valence-corrected chi connectivity index (χ2v) is 3.43. The first kappa shape index (κ1) is 18.3. The lowest BCUT2D eigenvalue weighted by molar-refractivity contribution is 1.58. The van der Waals surface area contributed by atoms with E-state index in [0.717, 1.165) is 5.57 Å². The highest BCUT2D eigenvalue weighted by Crippen LogP contribution is 1.97. The van der Waals surface area contributed by atoms with Gasteiger partial charge in [0, 0.05) is 0 Å². The summed E-state index contributed by atoms with van der Waals surface area (Å²) in [7, 11) is 0. The van der Waals surface area contributed by atoms with Gasteiger partial charge < -0.3 is 0 Å². The Morgan fingerprint density at radius 3 is 1.72 bits per heavy atom. The lowest BCUT2D eigenvalue weighted by atomic mass is 10.2. The SMILES string of the molecule is C=CC(=C)C.C=CC=CC.C=Cc1ccccc1. The molecular weight excluding hydrogens is 216 g/mol. The maximum absolute atomic E-state index is 3.63. The van der Waals surface area contributed by atoms with E-state index < -0.39 is 0 Å². The topological polar surface area (TPSA) is 0 Å². The van der Waals surface area contributed by atoms with E-state index in [0.29, 0.717) is 0 Å². The van der Waals surface area contributed by atoms with Crippen LogP contribution in [0, 0.1) is 0 Å². The molecule has 0 aromatic heterocycles. The molecule has 0 aliphatic rings. The van der Waals surface area contributed by atoms with Gasteiger partial charge in [0.1, 0.15) is 0 Å². The minimum absolute atomic E-state index is 1.02. The van der Waals surface area contributed by atoms with Gasteiger partial charge in [0.25, 0.3) is 0 Å². The molecule has 0 unspecified atom stereocenters. The predicted octanol–water partition coefficient (Wildman–Crippen LogP) is 5.83. The summed E-state index contributed by atoms with van der Waals surface area (Å²) in [6.45, 7) is 18.0. The second-order valence-electron chi connectivity index (χ2n) is 3.43. The van der Waals surface area contributed by atoms with Crippen LogP contribution in [-0.2, 0) is 0 Å². The van der Waals surface area contributed by atoms with Crippen LogP contribution in [0.2, 0.25) is 0 Å². The maximum atomic E-state index is 3.63. The smallest absolute Gasteiger partial charge is 0.0263 e. The van der Waals surface area contributed by atoms with E-state index in [1.165, 1.54) is 5.56 Å². The zero-order chi connectivity index (χ0) is 14.2. The van der Waals surface area contributed by atoms with Crippen LogP contribution < -0.4 is 0 Å². The van der Waals surface area contributed by atoms with Gasteiger partial charge >= 0.3 is 0 Å². The van der Waals surface area contributed by atoms with Crippen LogP contribution in [0.3, 0.4) is 0 Å². The molecule has 0 bridgehead atoms. The lowest BCUT2D eigenvalue weighted by Gasteiger charge is -1.85. The average molecular weight is 240 g/mol. The van der Waals surface area contributed by atoms with Crippen molar-refractivity contribution in [2.75, 3.05) is 0 Å². The predicted molar refractivity (Wildman–Crippen MR) is 86.6 cm³/mol. The highest BCUT2D eigenvalue weighted by atomic mass is 13.8. The van der Waals surface area contributed by atoms with E-state index >= 15 is 0 Å². The molecule has 18 heavy (non-hydrogen) atoms. The van der Waals surface area contributed by atoms with E-state index in [9.17, 15) is 0 Å². The Balaban J connectivity index is 0. The fraction of sp³-hybridized carbons (Fsp3) is 0.111. The molecule has 1 aromatic rings. The van der Waals surface area contributed by atoms with Crippen LogP contribution in [0.15, 0.2) is 86.5 Å². The van der Waals surface area contributed by atoms with E-state index in [-0.39, 0.29) is 0 Å². The van der Waals surface area contributed by atoms with Gasteiger partial charge in [-0.3, -0.25) is 0 Å². The summed E-state index contributed by atoms with van der Waals surface area (Å²) in [6.07, 6.45) is 9.13. The Labute approximate surface area is 112 Å². The molecule has 0 atom stereocenters. The van der Waals surface area contributed by atoms with E-state index in [1.54, 1.807) is 12.2 Å². The molecule has 0 saturated carbocycles. The van der Waals surface area contributed by atoms with Crippen LogP contribution in [0.4, 0.5) is 0 Å². The first-order chi connectivity index (χ1) is 8.62. The summed E-state index contributed by atoms with van der Waals surface area (Å²) < 4.78 is 0. The van der Waals surface area contributed by atoms with Crippen LogP contribution in [0.5, 0.6) is 0 Å². The molecule has 0 heterocycles. The van der Waals surface area contributed by atoms with Crippen LogP contribution in [0.1, 0.15) is 19.4 Å². The Kier molecular flexibility index (Phi) is 15.2. The van der Waals surface area contributed by atoms with Gasteiger partial charge in [-0.2, -0.15) is 0 Å². The third-order valence-electron chi connectivity index (χ3n) is 1.71. The van der Waals surface area contributed by atoms with Crippen LogP contribution >= 0.6 is 0 Å². The van der Waals surface area contributed by atoms with Gasteiger partial charge in [0.05, 0.1) is 0 Å². The van der Waals surface area contributed by atoms with Gasteiger partial charge in [-0.1, -0.05) is 92.6 Å². The third-order valence-corrected chi connectivity index (χ3v) is 1.71. The molecule has 1 aromatic carbocycles. The third kappa shape index (κ3) is 16.4. The minimum Gasteiger partial charge on any atom is -0.0991 e. The summed E-state index contributed by atoms with van der Waals surface area (Å²) in [5, 5.41) is 0. The van der Waals surface area contributed by atoms with Crippen molar-refractivity contribution in [3.63, 3.8) is 0 Å². The Hall–Kier alpha value is -2.08. The van der Waals surface area contributed by atoms with Crippen molar-refractivity contribution in [3.8, 4) is 0 Å². The summed E-state index contributed by atoms with van der Waals surface area (Å²) in [4.78, 5) is 0. The highest BCUT2D eigenvalue weighted by Gasteiger charge is 1.75. The number of benzene rings is 1. The maximum Gasteiger partial charge on any atom is -0.0263 e. The zero-order valence-electron chi connectivity index (χ0n) is 11.6. The van der Waals surface area contributed by atoms with Gasteiger partial charge in [-0.15, -0.1) is 0 Å². The molecule has 96 valence electrons. The zero-order valence-corrected chi connectivity index (χ0v) is 11.6. The largest absolute Gasteiger partial charge is 0.0991 e. The molecule has 0 spiro atoms. The Morgan fingerprint density at radius 1 is 1.06 bits per heavy atom. The second kappa shape index (κ2) is 14.9. The number of hydrogen-bond donors (Lipinski definition) is 0. The molecular formula is C18H24. The highest BCUT2D eigenvalue weighted by molar-refractivity contribution is 5.45. The number of allylic oxidation sites excluding steroid dienone is 5. The molecule has 0 aliphatic heterocycles. The monoisotopic (exact) mass is 240 g/mol. The van der Waals surface area contributed by atoms with Crippen molar-refractivity contribution >= 4 is 6.08 Å². The molecule has 0 radical (unpaired) electrons. The summed E-state index contributed by atoms with van der Waals surface area (Å²) >= 11 is 0. The molecule has 1 rings (SSSR count). The number of hydrogen-bond acceptors (Lipinski definition) is 0. The van der Waals surface area contributed by atoms with Gasteiger partial charge in [0.15, 0.2) is 0 Å². The average Bonchev–Trinajstić information content (AvgIpc) is 2.42. The fourth-order valence-electron chi connectivity index (χ4n) is 0.725. The van der Waals surface area contributed by atoms with Crippen LogP contribution in [-0.4, -0.2) is 0 Å². The molecule has 0 aliphatic carbocycles. The van der Waals surface area contributed by atoms with E-state index in [1.807, 2.05) is 62.4 Å². The molecule has 0 heteroatoms. The van der Waals surface area contributed by atoms with Crippen LogP contribution in [0.25, 0.3) is 6.08 Å². The van der Waals surface area contributed by atoms with Crippen molar-refractivity contribution < 1.29 is 0 Å².